The van der Waals surface area contributed by atoms with Crippen LogP contribution >= 0.6 is 0 Å². The van der Waals surface area contributed by atoms with E-state index in [0.29, 0.717) is 18.2 Å². The number of sulfone groups is 1. The molecule has 0 aromatic carbocycles. The summed E-state index contributed by atoms with van der Waals surface area (Å²) in [6.07, 6.45) is 3.38. The van der Waals surface area contributed by atoms with Crippen LogP contribution in [0.1, 0.15) is 49.4 Å². The highest BCUT2D eigenvalue weighted by Crippen LogP contribution is 2.35. The number of anilines is 1. The number of nitrogens with zero attached hydrogens (tertiary/aromatic N) is 2. The van der Waals surface area contributed by atoms with Gasteiger partial charge in [0.1, 0.15) is 5.82 Å². The number of rotatable bonds is 3. The summed E-state index contributed by atoms with van der Waals surface area (Å²) in [4.78, 5) is 0. The van der Waals surface area contributed by atoms with E-state index in [4.69, 9.17) is 15.6 Å². The van der Waals surface area contributed by atoms with Gasteiger partial charge in [0.2, 0.25) is 0 Å². The molecule has 0 amide bonds. The van der Waals surface area contributed by atoms with Crippen LogP contribution in [0.2, 0.25) is 0 Å². The van der Waals surface area contributed by atoms with Crippen molar-refractivity contribution < 1.29 is 13.2 Å². The first-order valence-electron chi connectivity index (χ1n) is 7.66. The van der Waals surface area contributed by atoms with Crippen molar-refractivity contribution in [1.29, 1.82) is 0 Å². The fraction of sp³-hybridized carbons (Fsp3) is 0.786. The smallest absolute Gasteiger partial charge is 0.152 e. The summed E-state index contributed by atoms with van der Waals surface area (Å²) in [5, 5.41) is 4.72. The molecule has 0 aliphatic carbocycles. The minimum Gasteiger partial charge on any atom is -0.384 e. The number of ether oxygens (including phenoxy) is 1. The van der Waals surface area contributed by atoms with Crippen molar-refractivity contribution in [1.82, 2.24) is 9.78 Å². The minimum atomic E-state index is -2.93. The topological polar surface area (TPSA) is 87.2 Å². The predicted molar refractivity (Wildman–Crippen MR) is 81.1 cm³/mol. The lowest BCUT2D eigenvalue weighted by molar-refractivity contribution is 0.0841. The van der Waals surface area contributed by atoms with E-state index in [1.54, 1.807) is 4.68 Å². The molecular formula is C14H23N3O3S. The molecule has 2 aliphatic rings. The van der Waals surface area contributed by atoms with Crippen LogP contribution < -0.4 is 5.73 Å². The van der Waals surface area contributed by atoms with Gasteiger partial charge in [0.05, 0.1) is 23.2 Å². The maximum absolute atomic E-state index is 11.7. The molecule has 1 aromatic rings. The molecule has 21 heavy (non-hydrogen) atoms. The van der Waals surface area contributed by atoms with Crippen molar-refractivity contribution in [3.8, 4) is 0 Å². The molecule has 118 valence electrons. The molecule has 2 aliphatic heterocycles. The summed E-state index contributed by atoms with van der Waals surface area (Å²) < 4.78 is 30.6. The van der Waals surface area contributed by atoms with E-state index in [9.17, 15) is 8.42 Å². The first-order valence-corrected chi connectivity index (χ1v) is 9.49. The quantitative estimate of drug-likeness (QED) is 0.908. The fourth-order valence-electron chi connectivity index (χ4n) is 3.41. The van der Waals surface area contributed by atoms with E-state index in [0.717, 1.165) is 43.7 Å². The standard InChI is InChI=1S/C14H23N3O3S/c1-2-12-13(10-3-6-20-7-4-10)16-17(14(12)15)11-5-8-21(18,19)9-11/h10-11H,2-9,15H2,1H3. The monoisotopic (exact) mass is 313 g/mol. The zero-order valence-corrected chi connectivity index (χ0v) is 13.2. The third-order valence-electron chi connectivity index (χ3n) is 4.60. The van der Waals surface area contributed by atoms with Gasteiger partial charge < -0.3 is 10.5 Å². The van der Waals surface area contributed by atoms with E-state index in [-0.39, 0.29) is 17.5 Å². The summed E-state index contributed by atoms with van der Waals surface area (Å²) in [7, 11) is -2.93. The van der Waals surface area contributed by atoms with Gasteiger partial charge in [-0.15, -0.1) is 0 Å². The molecule has 1 unspecified atom stereocenters. The Kier molecular flexibility index (Phi) is 3.96. The minimum absolute atomic E-state index is 0.103. The molecular weight excluding hydrogens is 290 g/mol. The Morgan fingerprint density at radius 1 is 1.33 bits per heavy atom. The molecule has 3 heterocycles. The molecule has 0 bridgehead atoms. The lowest BCUT2D eigenvalue weighted by Crippen LogP contribution is -2.17. The second-order valence-corrected chi connectivity index (χ2v) is 8.22. The Balaban J connectivity index is 1.93. The molecule has 6 nitrogen and oxygen atoms in total. The van der Waals surface area contributed by atoms with Gasteiger partial charge in [0.25, 0.3) is 0 Å². The van der Waals surface area contributed by atoms with Crippen LogP contribution in [0.25, 0.3) is 0 Å². The normalized spacial score (nSPS) is 26.2. The molecule has 2 N–H and O–H groups in total. The zero-order chi connectivity index (χ0) is 15.0. The van der Waals surface area contributed by atoms with Crippen LogP contribution in [0.4, 0.5) is 5.82 Å². The number of aromatic nitrogens is 2. The third-order valence-corrected chi connectivity index (χ3v) is 6.35. The lowest BCUT2D eigenvalue weighted by atomic mass is 9.93. The molecule has 1 atom stereocenters. The van der Waals surface area contributed by atoms with Gasteiger partial charge in [-0.2, -0.15) is 5.10 Å². The van der Waals surface area contributed by atoms with E-state index < -0.39 is 9.84 Å². The average Bonchev–Trinajstić information content (AvgIpc) is 2.99. The van der Waals surface area contributed by atoms with Gasteiger partial charge in [-0.05, 0) is 25.7 Å². The Morgan fingerprint density at radius 2 is 2.05 bits per heavy atom. The van der Waals surface area contributed by atoms with Crippen LogP contribution in [0.15, 0.2) is 0 Å². The fourth-order valence-corrected chi connectivity index (χ4v) is 5.10. The molecule has 2 saturated heterocycles. The third kappa shape index (κ3) is 2.81. The van der Waals surface area contributed by atoms with Crippen molar-refractivity contribution >= 4 is 15.7 Å². The molecule has 0 spiro atoms. The number of nitrogen functional groups attached to an aromatic ring is 1. The molecule has 7 heteroatoms. The van der Waals surface area contributed by atoms with Crippen molar-refractivity contribution in [3.05, 3.63) is 11.3 Å². The summed E-state index contributed by atoms with van der Waals surface area (Å²) in [5.41, 5.74) is 8.41. The molecule has 3 rings (SSSR count). The second-order valence-electron chi connectivity index (χ2n) is 5.99. The first-order chi connectivity index (χ1) is 10.0. The van der Waals surface area contributed by atoms with Gasteiger partial charge in [0, 0.05) is 24.7 Å². The van der Waals surface area contributed by atoms with E-state index in [1.165, 1.54) is 0 Å². The highest BCUT2D eigenvalue weighted by Gasteiger charge is 2.33. The van der Waals surface area contributed by atoms with E-state index >= 15 is 0 Å². The van der Waals surface area contributed by atoms with Crippen LogP contribution in [0.3, 0.4) is 0 Å². The predicted octanol–water partition coefficient (Wildman–Crippen LogP) is 1.28. The first kappa shape index (κ1) is 14.8. The summed E-state index contributed by atoms with van der Waals surface area (Å²) in [5.74, 6) is 1.44. The summed E-state index contributed by atoms with van der Waals surface area (Å²) in [6.45, 7) is 3.60. The van der Waals surface area contributed by atoms with Crippen LogP contribution in [0.5, 0.6) is 0 Å². The highest BCUT2D eigenvalue weighted by molar-refractivity contribution is 7.91. The van der Waals surface area contributed by atoms with Crippen molar-refractivity contribution in [2.75, 3.05) is 30.5 Å². The number of hydrogen-bond donors (Lipinski definition) is 1. The molecule has 0 radical (unpaired) electrons. The zero-order valence-electron chi connectivity index (χ0n) is 12.4. The molecule has 1 aromatic heterocycles. The Labute approximate surface area is 125 Å². The molecule has 0 saturated carbocycles. The van der Waals surface area contributed by atoms with Gasteiger partial charge in [-0.3, -0.25) is 0 Å². The Hall–Kier alpha value is -1.08. The van der Waals surface area contributed by atoms with Gasteiger partial charge in [0.15, 0.2) is 9.84 Å². The van der Waals surface area contributed by atoms with Crippen LogP contribution in [-0.4, -0.2) is 42.9 Å². The largest absolute Gasteiger partial charge is 0.384 e. The summed E-state index contributed by atoms with van der Waals surface area (Å²) in [6, 6.07) is -0.103. The van der Waals surface area contributed by atoms with Gasteiger partial charge >= 0.3 is 0 Å². The van der Waals surface area contributed by atoms with E-state index in [1.807, 2.05) is 0 Å². The second kappa shape index (κ2) is 5.61. The Morgan fingerprint density at radius 3 is 2.62 bits per heavy atom. The maximum atomic E-state index is 11.7. The number of nitrogens with two attached hydrogens (primary N) is 1. The van der Waals surface area contributed by atoms with Crippen molar-refractivity contribution in [2.45, 2.75) is 44.6 Å². The SMILES string of the molecule is CCc1c(C2CCOCC2)nn(C2CCS(=O)(=O)C2)c1N. The highest BCUT2D eigenvalue weighted by atomic mass is 32.2. The maximum Gasteiger partial charge on any atom is 0.152 e. The average molecular weight is 313 g/mol. The number of hydrogen-bond acceptors (Lipinski definition) is 5. The van der Waals surface area contributed by atoms with Crippen molar-refractivity contribution in [3.63, 3.8) is 0 Å². The van der Waals surface area contributed by atoms with Crippen LogP contribution in [-0.2, 0) is 21.0 Å². The van der Waals surface area contributed by atoms with E-state index in [2.05, 4.69) is 6.92 Å². The van der Waals surface area contributed by atoms with Gasteiger partial charge in [-0.1, -0.05) is 6.92 Å². The molecule has 2 fully saturated rings. The van der Waals surface area contributed by atoms with Gasteiger partial charge in [-0.25, -0.2) is 13.1 Å². The Bertz CT molecular complexity index is 618. The van der Waals surface area contributed by atoms with Crippen LogP contribution in [0, 0.1) is 0 Å². The summed E-state index contributed by atoms with van der Waals surface area (Å²) >= 11 is 0. The lowest BCUT2D eigenvalue weighted by Gasteiger charge is -2.21. The van der Waals surface area contributed by atoms with Crippen molar-refractivity contribution in [2.24, 2.45) is 0 Å².